The van der Waals surface area contributed by atoms with Gasteiger partial charge < -0.3 is 15.0 Å². The van der Waals surface area contributed by atoms with Crippen molar-refractivity contribution in [1.29, 1.82) is 0 Å². The van der Waals surface area contributed by atoms with Gasteiger partial charge in [-0.1, -0.05) is 12.8 Å². The smallest absolute Gasteiger partial charge is 0.317 e. The molecule has 2 amide bonds. The molecule has 0 radical (unpaired) electrons. The van der Waals surface area contributed by atoms with Crippen molar-refractivity contribution in [3.05, 3.63) is 0 Å². The van der Waals surface area contributed by atoms with Gasteiger partial charge in [0.2, 0.25) is 0 Å². The summed E-state index contributed by atoms with van der Waals surface area (Å²) in [4.78, 5) is 14.6. The molecule has 0 aromatic rings. The van der Waals surface area contributed by atoms with Gasteiger partial charge in [0.1, 0.15) is 0 Å². The Labute approximate surface area is 115 Å². The normalized spacial score (nSPS) is 38.3. The van der Waals surface area contributed by atoms with Crippen LogP contribution in [0.25, 0.3) is 0 Å². The van der Waals surface area contributed by atoms with Crippen LogP contribution in [0.2, 0.25) is 0 Å². The maximum Gasteiger partial charge on any atom is 0.317 e. The van der Waals surface area contributed by atoms with E-state index in [9.17, 15) is 4.79 Å². The first-order chi connectivity index (χ1) is 9.25. The second kappa shape index (κ2) is 5.70. The zero-order valence-electron chi connectivity index (χ0n) is 11.9. The number of ether oxygens (including phenoxy) is 1. The number of fused-ring (bicyclic) bond motifs is 1. The lowest BCUT2D eigenvalue weighted by molar-refractivity contribution is 0.105. The number of likely N-dealkylation sites (tertiary alicyclic amines) is 1. The van der Waals surface area contributed by atoms with Gasteiger partial charge in [-0.05, 0) is 44.9 Å². The van der Waals surface area contributed by atoms with E-state index in [1.54, 1.807) is 0 Å². The third-order valence-corrected chi connectivity index (χ3v) is 5.08. The summed E-state index contributed by atoms with van der Waals surface area (Å²) in [5.74, 6) is 0.747. The van der Waals surface area contributed by atoms with Gasteiger partial charge in [0, 0.05) is 25.2 Å². The van der Waals surface area contributed by atoms with Gasteiger partial charge in [-0.3, -0.25) is 0 Å². The highest BCUT2D eigenvalue weighted by molar-refractivity contribution is 5.75. The Kier molecular flexibility index (Phi) is 3.96. The van der Waals surface area contributed by atoms with E-state index in [4.69, 9.17) is 4.74 Å². The summed E-state index contributed by atoms with van der Waals surface area (Å²) >= 11 is 0. The molecule has 3 aliphatic rings. The van der Waals surface area contributed by atoms with Gasteiger partial charge in [0.05, 0.1) is 6.10 Å². The zero-order chi connectivity index (χ0) is 13.2. The molecule has 0 aromatic heterocycles. The molecule has 108 valence electrons. The minimum absolute atomic E-state index is 0.136. The van der Waals surface area contributed by atoms with Gasteiger partial charge in [0.25, 0.3) is 0 Å². The Bertz CT molecular complexity index is 328. The number of hydrogen-bond donors (Lipinski definition) is 1. The van der Waals surface area contributed by atoms with E-state index in [0.29, 0.717) is 18.6 Å². The number of carbonyl (C=O) groups excluding carboxylic acids is 1. The van der Waals surface area contributed by atoms with Crippen LogP contribution in [-0.4, -0.2) is 42.3 Å². The van der Waals surface area contributed by atoms with Crippen LogP contribution in [0.5, 0.6) is 0 Å². The predicted octanol–water partition coefficient (Wildman–Crippen LogP) is 2.53. The summed E-state index contributed by atoms with van der Waals surface area (Å²) in [6, 6.07) is 1.03. The van der Waals surface area contributed by atoms with Gasteiger partial charge >= 0.3 is 6.03 Å². The van der Waals surface area contributed by atoms with E-state index < -0.39 is 0 Å². The molecule has 4 nitrogen and oxygen atoms in total. The monoisotopic (exact) mass is 266 g/mol. The van der Waals surface area contributed by atoms with Crippen molar-refractivity contribution in [3.63, 3.8) is 0 Å². The molecule has 19 heavy (non-hydrogen) atoms. The second-order valence-corrected chi connectivity index (χ2v) is 6.42. The summed E-state index contributed by atoms with van der Waals surface area (Å²) in [6.07, 6.45) is 8.78. The Hall–Kier alpha value is -0.770. The van der Waals surface area contributed by atoms with Crippen LogP contribution in [0.3, 0.4) is 0 Å². The van der Waals surface area contributed by atoms with Crippen molar-refractivity contribution < 1.29 is 9.53 Å². The topological polar surface area (TPSA) is 41.6 Å². The third kappa shape index (κ3) is 2.73. The first-order valence-corrected chi connectivity index (χ1v) is 7.93. The fourth-order valence-electron chi connectivity index (χ4n) is 4.16. The van der Waals surface area contributed by atoms with E-state index in [0.717, 1.165) is 25.4 Å². The molecule has 1 saturated carbocycles. The summed E-state index contributed by atoms with van der Waals surface area (Å²) in [5, 5.41) is 3.09. The summed E-state index contributed by atoms with van der Waals surface area (Å²) in [6.45, 7) is 3.73. The Morgan fingerprint density at radius 1 is 1.26 bits per heavy atom. The van der Waals surface area contributed by atoms with Crippen LogP contribution >= 0.6 is 0 Å². The zero-order valence-corrected chi connectivity index (χ0v) is 11.9. The van der Waals surface area contributed by atoms with Crippen molar-refractivity contribution in [2.24, 2.45) is 5.92 Å². The molecule has 0 bridgehead atoms. The number of amides is 2. The Morgan fingerprint density at radius 3 is 2.89 bits per heavy atom. The van der Waals surface area contributed by atoms with Crippen LogP contribution in [-0.2, 0) is 4.74 Å². The molecule has 2 heterocycles. The first kappa shape index (κ1) is 13.2. The molecule has 4 heteroatoms. The minimum atomic E-state index is 0.136. The highest BCUT2D eigenvalue weighted by Gasteiger charge is 2.42. The lowest BCUT2D eigenvalue weighted by Crippen LogP contribution is -2.49. The van der Waals surface area contributed by atoms with Gasteiger partial charge in [-0.2, -0.15) is 0 Å². The quantitative estimate of drug-likeness (QED) is 0.834. The molecule has 0 spiro atoms. The van der Waals surface area contributed by atoms with Crippen molar-refractivity contribution in [1.82, 2.24) is 10.2 Å². The molecule has 1 N–H and O–H groups in total. The van der Waals surface area contributed by atoms with Crippen LogP contribution in [0.4, 0.5) is 4.79 Å². The molecule has 3 fully saturated rings. The number of urea groups is 1. The number of carbonyl (C=O) groups is 1. The molecule has 2 aliphatic heterocycles. The maximum atomic E-state index is 12.4. The number of nitrogens with zero attached hydrogens (tertiary/aromatic N) is 1. The van der Waals surface area contributed by atoms with Crippen molar-refractivity contribution >= 4 is 6.03 Å². The minimum Gasteiger partial charge on any atom is -0.376 e. The molecule has 1 aliphatic carbocycles. The van der Waals surface area contributed by atoms with Crippen molar-refractivity contribution in [2.45, 2.75) is 70.1 Å². The van der Waals surface area contributed by atoms with E-state index >= 15 is 0 Å². The SMILES string of the molecule is CC1CC2CCCCC2N1C(=O)NCC1CCCO1. The van der Waals surface area contributed by atoms with Gasteiger partial charge in [-0.25, -0.2) is 4.79 Å². The summed E-state index contributed by atoms with van der Waals surface area (Å²) < 4.78 is 5.57. The predicted molar refractivity (Wildman–Crippen MR) is 74.0 cm³/mol. The highest BCUT2D eigenvalue weighted by atomic mass is 16.5. The van der Waals surface area contributed by atoms with Crippen LogP contribution in [0.15, 0.2) is 0 Å². The Balaban J connectivity index is 1.55. The first-order valence-electron chi connectivity index (χ1n) is 7.93. The average Bonchev–Trinajstić information content (AvgIpc) is 3.02. The second-order valence-electron chi connectivity index (χ2n) is 6.42. The van der Waals surface area contributed by atoms with Gasteiger partial charge in [-0.15, -0.1) is 0 Å². The average molecular weight is 266 g/mol. The third-order valence-electron chi connectivity index (χ3n) is 5.08. The highest BCUT2D eigenvalue weighted by Crippen LogP contribution is 2.39. The molecular formula is C15H26N2O2. The molecule has 2 saturated heterocycles. The lowest BCUT2D eigenvalue weighted by Gasteiger charge is -2.33. The van der Waals surface area contributed by atoms with Crippen LogP contribution in [0.1, 0.15) is 51.9 Å². The Morgan fingerprint density at radius 2 is 2.11 bits per heavy atom. The van der Waals surface area contributed by atoms with Crippen molar-refractivity contribution in [2.75, 3.05) is 13.2 Å². The number of rotatable bonds is 2. The number of nitrogens with one attached hydrogen (secondary N) is 1. The molecular weight excluding hydrogens is 240 g/mol. The van der Waals surface area contributed by atoms with E-state index in [-0.39, 0.29) is 12.1 Å². The fourth-order valence-corrected chi connectivity index (χ4v) is 4.16. The lowest BCUT2D eigenvalue weighted by atomic mass is 9.85. The van der Waals surface area contributed by atoms with E-state index in [1.165, 1.54) is 32.1 Å². The molecule has 0 aromatic carbocycles. The van der Waals surface area contributed by atoms with Crippen LogP contribution < -0.4 is 5.32 Å². The molecule has 4 unspecified atom stereocenters. The standard InChI is InChI=1S/C15H26N2O2/c1-11-9-12-5-2-3-7-14(12)17(11)15(18)16-10-13-6-4-8-19-13/h11-14H,2-10H2,1H3,(H,16,18). The molecule has 4 atom stereocenters. The largest absolute Gasteiger partial charge is 0.376 e. The molecule has 3 rings (SSSR count). The van der Waals surface area contributed by atoms with E-state index in [1.807, 2.05) is 0 Å². The summed E-state index contributed by atoms with van der Waals surface area (Å²) in [5.41, 5.74) is 0. The van der Waals surface area contributed by atoms with Crippen molar-refractivity contribution in [3.8, 4) is 0 Å². The number of hydrogen-bond acceptors (Lipinski definition) is 2. The van der Waals surface area contributed by atoms with Crippen LogP contribution in [0, 0.1) is 5.92 Å². The van der Waals surface area contributed by atoms with E-state index in [2.05, 4.69) is 17.1 Å². The fraction of sp³-hybridized carbons (Fsp3) is 0.933. The van der Waals surface area contributed by atoms with Gasteiger partial charge in [0.15, 0.2) is 0 Å². The maximum absolute atomic E-state index is 12.4. The summed E-state index contributed by atoms with van der Waals surface area (Å²) in [7, 11) is 0.